The molecule has 0 aliphatic rings. The lowest BCUT2D eigenvalue weighted by molar-refractivity contribution is -0.137. The smallest absolute Gasteiger partial charge is 0.321 e. The molecule has 0 aliphatic carbocycles. The minimum Gasteiger partial charge on any atom is -0.480 e. The maximum Gasteiger partial charge on any atom is 0.321 e. The molecule has 0 saturated carbocycles. The Labute approximate surface area is 100 Å². The molecule has 0 heterocycles. The number of benzene rings is 1. The van der Waals surface area contributed by atoms with Crippen LogP contribution in [0.25, 0.3) is 0 Å². The van der Waals surface area contributed by atoms with Crippen molar-refractivity contribution >= 4 is 15.8 Å². The Morgan fingerprint density at radius 1 is 1.47 bits per heavy atom. The minimum absolute atomic E-state index is 0.185. The first kappa shape index (κ1) is 13.7. The predicted octanol–water partition coefficient (Wildman–Crippen LogP) is 0.322. The highest BCUT2D eigenvalue weighted by Gasteiger charge is 2.21. The number of sulfone groups is 1. The molecule has 1 aromatic carbocycles. The van der Waals surface area contributed by atoms with Crippen LogP contribution in [0.15, 0.2) is 24.3 Å². The van der Waals surface area contributed by atoms with Crippen molar-refractivity contribution in [3.05, 3.63) is 35.4 Å². The summed E-state index contributed by atoms with van der Waals surface area (Å²) in [4.78, 5) is 10.5. The van der Waals surface area contributed by atoms with Gasteiger partial charge in [0.25, 0.3) is 0 Å². The zero-order chi connectivity index (χ0) is 13.1. The molecule has 0 aliphatic heterocycles. The molecule has 0 fully saturated rings. The standard InChI is InChI=1S/C11H15NO4S/c1-8-3-2-4-9(5-8)6-17(15,16)7-10(12)11(13)14/h2-5,10H,6-7,12H2,1H3,(H,13,14). The Balaban J connectivity index is 2.77. The molecule has 0 radical (unpaired) electrons. The normalized spacial score (nSPS) is 13.3. The minimum atomic E-state index is -3.50. The van der Waals surface area contributed by atoms with Gasteiger partial charge in [0.1, 0.15) is 6.04 Å². The van der Waals surface area contributed by atoms with Gasteiger partial charge in [-0.3, -0.25) is 4.79 Å². The number of nitrogens with two attached hydrogens (primary N) is 1. The third-order valence-corrected chi connectivity index (χ3v) is 3.86. The lowest BCUT2D eigenvalue weighted by Crippen LogP contribution is -2.37. The van der Waals surface area contributed by atoms with Crippen molar-refractivity contribution in [1.29, 1.82) is 0 Å². The summed E-state index contributed by atoms with van der Waals surface area (Å²) in [6.07, 6.45) is 0. The van der Waals surface area contributed by atoms with Crippen LogP contribution in [0.2, 0.25) is 0 Å². The number of carboxylic acid groups (broad SMARTS) is 1. The highest BCUT2D eigenvalue weighted by atomic mass is 32.2. The predicted molar refractivity (Wildman–Crippen MR) is 64.3 cm³/mol. The van der Waals surface area contributed by atoms with Crippen LogP contribution in [-0.4, -0.2) is 31.3 Å². The van der Waals surface area contributed by atoms with Crippen molar-refractivity contribution in [2.24, 2.45) is 5.73 Å². The lowest BCUT2D eigenvalue weighted by Gasteiger charge is -2.08. The molecular weight excluding hydrogens is 242 g/mol. The van der Waals surface area contributed by atoms with E-state index >= 15 is 0 Å². The zero-order valence-electron chi connectivity index (χ0n) is 9.46. The molecule has 6 heteroatoms. The second-order valence-electron chi connectivity index (χ2n) is 3.99. The second-order valence-corrected chi connectivity index (χ2v) is 6.10. The van der Waals surface area contributed by atoms with Gasteiger partial charge in [-0.05, 0) is 12.5 Å². The Morgan fingerprint density at radius 2 is 2.12 bits per heavy atom. The van der Waals surface area contributed by atoms with E-state index in [1.807, 2.05) is 13.0 Å². The third kappa shape index (κ3) is 4.54. The number of hydrogen-bond acceptors (Lipinski definition) is 4. The number of aliphatic carboxylic acids is 1. The molecule has 0 amide bonds. The van der Waals surface area contributed by atoms with Crippen LogP contribution >= 0.6 is 0 Å². The highest BCUT2D eigenvalue weighted by Crippen LogP contribution is 2.09. The summed E-state index contributed by atoms with van der Waals surface area (Å²) in [6, 6.07) is 5.70. The first-order chi connectivity index (χ1) is 7.80. The highest BCUT2D eigenvalue weighted by molar-refractivity contribution is 7.90. The Hall–Kier alpha value is -1.40. The van der Waals surface area contributed by atoms with Crippen LogP contribution < -0.4 is 5.73 Å². The molecule has 0 bridgehead atoms. The van der Waals surface area contributed by atoms with E-state index in [4.69, 9.17) is 10.8 Å². The van der Waals surface area contributed by atoms with E-state index in [9.17, 15) is 13.2 Å². The van der Waals surface area contributed by atoms with Gasteiger partial charge in [-0.15, -0.1) is 0 Å². The summed E-state index contributed by atoms with van der Waals surface area (Å²) < 4.78 is 23.4. The van der Waals surface area contributed by atoms with E-state index in [-0.39, 0.29) is 5.75 Å². The molecule has 1 rings (SSSR count). The fraction of sp³-hybridized carbons (Fsp3) is 0.364. The molecule has 0 aromatic heterocycles. The van der Waals surface area contributed by atoms with Crippen LogP contribution in [0.3, 0.4) is 0 Å². The first-order valence-electron chi connectivity index (χ1n) is 5.04. The van der Waals surface area contributed by atoms with Gasteiger partial charge in [0.05, 0.1) is 11.5 Å². The third-order valence-electron chi connectivity index (χ3n) is 2.22. The monoisotopic (exact) mass is 257 g/mol. The van der Waals surface area contributed by atoms with Gasteiger partial charge in [-0.2, -0.15) is 0 Å². The average Bonchev–Trinajstić information content (AvgIpc) is 2.15. The molecule has 3 N–H and O–H groups in total. The number of aryl methyl sites for hydroxylation is 1. The van der Waals surface area contributed by atoms with Gasteiger partial charge in [0.2, 0.25) is 0 Å². The van der Waals surface area contributed by atoms with Gasteiger partial charge < -0.3 is 10.8 Å². The van der Waals surface area contributed by atoms with Gasteiger partial charge in [-0.1, -0.05) is 29.8 Å². The van der Waals surface area contributed by atoms with Gasteiger partial charge in [0, 0.05) is 0 Å². The van der Waals surface area contributed by atoms with Crippen LogP contribution in [0.1, 0.15) is 11.1 Å². The lowest BCUT2D eigenvalue weighted by atomic mass is 10.2. The summed E-state index contributed by atoms with van der Waals surface area (Å²) in [7, 11) is -3.50. The van der Waals surface area contributed by atoms with Gasteiger partial charge >= 0.3 is 5.97 Å². The average molecular weight is 257 g/mol. The van der Waals surface area contributed by atoms with E-state index in [2.05, 4.69) is 0 Å². The largest absolute Gasteiger partial charge is 0.480 e. The molecular formula is C11H15NO4S. The Kier molecular flexibility index (Phi) is 4.25. The van der Waals surface area contributed by atoms with Crippen molar-refractivity contribution in [2.75, 3.05) is 5.75 Å². The van der Waals surface area contributed by atoms with E-state index in [0.717, 1.165) is 5.56 Å². The number of carboxylic acids is 1. The fourth-order valence-corrected chi connectivity index (χ4v) is 2.95. The topological polar surface area (TPSA) is 97.5 Å². The van der Waals surface area contributed by atoms with Crippen LogP contribution in [-0.2, 0) is 20.4 Å². The molecule has 5 nitrogen and oxygen atoms in total. The van der Waals surface area contributed by atoms with Crippen LogP contribution in [0.4, 0.5) is 0 Å². The van der Waals surface area contributed by atoms with Crippen molar-refractivity contribution in [3.63, 3.8) is 0 Å². The van der Waals surface area contributed by atoms with E-state index in [1.165, 1.54) is 0 Å². The molecule has 0 saturated heterocycles. The van der Waals surface area contributed by atoms with E-state index < -0.39 is 27.6 Å². The van der Waals surface area contributed by atoms with Crippen LogP contribution in [0.5, 0.6) is 0 Å². The molecule has 1 aromatic rings. The molecule has 1 atom stereocenters. The summed E-state index contributed by atoms with van der Waals surface area (Å²) in [5, 5.41) is 8.57. The van der Waals surface area contributed by atoms with E-state index in [0.29, 0.717) is 5.56 Å². The summed E-state index contributed by atoms with van der Waals surface area (Å²) in [5.74, 6) is -2.04. The summed E-state index contributed by atoms with van der Waals surface area (Å²) >= 11 is 0. The van der Waals surface area contributed by atoms with Crippen molar-refractivity contribution in [2.45, 2.75) is 18.7 Å². The van der Waals surface area contributed by atoms with Gasteiger partial charge in [0.15, 0.2) is 9.84 Å². The first-order valence-corrected chi connectivity index (χ1v) is 6.86. The van der Waals surface area contributed by atoms with Crippen LogP contribution in [0, 0.1) is 6.92 Å². The maximum atomic E-state index is 11.7. The number of hydrogen-bond donors (Lipinski definition) is 2. The molecule has 1 unspecified atom stereocenters. The Bertz CT molecular complexity index is 510. The Morgan fingerprint density at radius 3 is 2.65 bits per heavy atom. The van der Waals surface area contributed by atoms with Gasteiger partial charge in [-0.25, -0.2) is 8.42 Å². The molecule has 17 heavy (non-hydrogen) atoms. The number of carbonyl (C=O) groups is 1. The second kappa shape index (κ2) is 5.29. The zero-order valence-corrected chi connectivity index (χ0v) is 10.3. The van der Waals surface area contributed by atoms with Crippen molar-refractivity contribution in [1.82, 2.24) is 0 Å². The molecule has 94 valence electrons. The fourth-order valence-electron chi connectivity index (χ4n) is 1.46. The van der Waals surface area contributed by atoms with Crippen molar-refractivity contribution < 1.29 is 18.3 Å². The van der Waals surface area contributed by atoms with Crippen molar-refractivity contribution in [3.8, 4) is 0 Å². The SMILES string of the molecule is Cc1cccc(CS(=O)(=O)CC(N)C(=O)O)c1. The number of rotatable bonds is 5. The molecule has 0 spiro atoms. The summed E-state index contributed by atoms with van der Waals surface area (Å²) in [5.41, 5.74) is 6.81. The summed E-state index contributed by atoms with van der Waals surface area (Å²) in [6.45, 7) is 1.86. The maximum absolute atomic E-state index is 11.7. The van der Waals surface area contributed by atoms with E-state index in [1.54, 1.807) is 18.2 Å². The quantitative estimate of drug-likeness (QED) is 0.791.